The van der Waals surface area contributed by atoms with Gasteiger partial charge in [0.25, 0.3) is 11.5 Å². The quantitative estimate of drug-likeness (QED) is 0.718. The smallest absolute Gasteiger partial charge is 0.289 e. The first-order valence-electron chi connectivity index (χ1n) is 9.88. The van der Waals surface area contributed by atoms with Gasteiger partial charge in [-0.3, -0.25) is 14.6 Å². The normalized spacial score (nSPS) is 17.5. The summed E-state index contributed by atoms with van der Waals surface area (Å²) >= 11 is 0. The van der Waals surface area contributed by atoms with Gasteiger partial charge in [0.1, 0.15) is 5.82 Å². The second kappa shape index (κ2) is 6.65. The van der Waals surface area contributed by atoms with E-state index in [9.17, 15) is 9.59 Å². The minimum atomic E-state index is -0.140. The Bertz CT molecular complexity index is 1130. The van der Waals surface area contributed by atoms with Crippen molar-refractivity contribution in [3.05, 3.63) is 64.4 Å². The van der Waals surface area contributed by atoms with Crippen LogP contribution < -0.4 is 5.56 Å². The fourth-order valence-electron chi connectivity index (χ4n) is 4.63. The number of aromatic nitrogens is 5. The summed E-state index contributed by atoms with van der Waals surface area (Å²) in [4.78, 5) is 43.5. The zero-order valence-corrected chi connectivity index (χ0v) is 16.3. The molecule has 3 aromatic heterocycles. The zero-order chi connectivity index (χ0) is 20.0. The van der Waals surface area contributed by atoms with Crippen LogP contribution in [0.3, 0.4) is 0 Å². The van der Waals surface area contributed by atoms with Gasteiger partial charge in [0, 0.05) is 61.5 Å². The van der Waals surface area contributed by atoms with E-state index in [0.717, 1.165) is 42.5 Å². The van der Waals surface area contributed by atoms with Crippen LogP contribution in [-0.2, 0) is 18.9 Å². The molecule has 3 aromatic rings. The molecule has 1 amide bonds. The molecule has 4 heterocycles. The van der Waals surface area contributed by atoms with E-state index >= 15 is 0 Å². The predicted molar refractivity (Wildman–Crippen MR) is 106 cm³/mol. The third-order valence-electron chi connectivity index (χ3n) is 6.33. The van der Waals surface area contributed by atoms with Crippen LogP contribution in [0.15, 0.2) is 41.7 Å². The van der Waals surface area contributed by atoms with Crippen molar-refractivity contribution < 1.29 is 4.79 Å². The van der Waals surface area contributed by atoms with E-state index in [-0.39, 0.29) is 16.9 Å². The summed E-state index contributed by atoms with van der Waals surface area (Å²) < 4.78 is 1.75. The lowest BCUT2D eigenvalue weighted by Gasteiger charge is -2.39. The highest BCUT2D eigenvalue weighted by Gasteiger charge is 2.45. The van der Waals surface area contributed by atoms with Crippen molar-refractivity contribution in [2.45, 2.75) is 31.1 Å². The number of fused-ring (bicyclic) bond motifs is 2. The van der Waals surface area contributed by atoms with Gasteiger partial charge in [0.05, 0.1) is 5.69 Å². The molecule has 0 radical (unpaired) electrons. The molecule has 0 atom stereocenters. The molecule has 29 heavy (non-hydrogen) atoms. The number of pyridine rings is 1. The maximum atomic E-state index is 12.8. The SMILES string of the molecule is Cn1ccnc1C(=O)N1CCC2(CCc3c2nc(-c2cccnc2)[nH]c3=O)CC1. The molecule has 8 nitrogen and oxygen atoms in total. The molecule has 148 valence electrons. The number of likely N-dealkylation sites (tertiary alicyclic amines) is 1. The van der Waals surface area contributed by atoms with Crippen molar-refractivity contribution in [2.24, 2.45) is 7.05 Å². The predicted octanol–water partition coefficient (Wildman–Crippen LogP) is 1.69. The van der Waals surface area contributed by atoms with E-state index in [0.29, 0.717) is 24.7 Å². The summed E-state index contributed by atoms with van der Waals surface area (Å²) in [5.41, 5.74) is 2.30. The fourth-order valence-corrected chi connectivity index (χ4v) is 4.63. The van der Waals surface area contributed by atoms with Crippen molar-refractivity contribution in [1.29, 1.82) is 0 Å². The Labute approximate surface area is 167 Å². The van der Waals surface area contributed by atoms with E-state index < -0.39 is 0 Å². The highest BCUT2D eigenvalue weighted by Crippen LogP contribution is 2.44. The second-order valence-electron chi connectivity index (χ2n) is 7.92. The number of carbonyl (C=O) groups excluding carboxylic acids is 1. The average Bonchev–Trinajstić information content (AvgIpc) is 3.33. The molecule has 1 N–H and O–H groups in total. The van der Waals surface area contributed by atoms with Gasteiger partial charge >= 0.3 is 0 Å². The minimum absolute atomic E-state index is 0.0412. The standard InChI is InChI=1S/C21H22N6O2/c1-26-12-9-23-18(26)20(29)27-10-6-21(7-11-27)5-4-15-16(21)24-17(25-19(15)28)14-3-2-8-22-13-14/h2-3,8-9,12-13H,4-7,10-11H2,1H3,(H,24,25,28). The van der Waals surface area contributed by atoms with Gasteiger partial charge in [0.15, 0.2) is 5.82 Å². The Kier molecular flexibility index (Phi) is 4.08. The van der Waals surface area contributed by atoms with E-state index in [1.54, 1.807) is 29.4 Å². The first kappa shape index (κ1) is 17.8. The molecule has 0 aromatic carbocycles. The molecule has 1 fully saturated rings. The van der Waals surface area contributed by atoms with Crippen LogP contribution in [0, 0.1) is 0 Å². The first-order valence-corrected chi connectivity index (χ1v) is 9.88. The lowest BCUT2D eigenvalue weighted by Crippen LogP contribution is -2.45. The van der Waals surface area contributed by atoms with Crippen LogP contribution in [0.25, 0.3) is 11.4 Å². The lowest BCUT2D eigenvalue weighted by atomic mass is 9.76. The maximum absolute atomic E-state index is 12.8. The van der Waals surface area contributed by atoms with Crippen LogP contribution in [0.4, 0.5) is 0 Å². The zero-order valence-electron chi connectivity index (χ0n) is 16.3. The summed E-state index contributed by atoms with van der Waals surface area (Å²) in [6.07, 6.45) is 10.1. The minimum Gasteiger partial charge on any atom is -0.336 e. The molecule has 8 heteroatoms. The Morgan fingerprint density at radius 1 is 1.21 bits per heavy atom. The molecule has 1 aliphatic carbocycles. The molecule has 0 saturated carbocycles. The van der Waals surface area contributed by atoms with E-state index in [1.165, 1.54) is 0 Å². The number of nitrogens with zero attached hydrogens (tertiary/aromatic N) is 5. The summed E-state index contributed by atoms with van der Waals surface area (Å²) in [6.45, 7) is 1.28. The highest BCUT2D eigenvalue weighted by molar-refractivity contribution is 5.90. The number of hydrogen-bond acceptors (Lipinski definition) is 5. The van der Waals surface area contributed by atoms with E-state index in [2.05, 4.69) is 15.0 Å². The van der Waals surface area contributed by atoms with Gasteiger partial charge in [-0.05, 0) is 37.8 Å². The van der Waals surface area contributed by atoms with Crippen LogP contribution in [0.5, 0.6) is 0 Å². The van der Waals surface area contributed by atoms with Gasteiger partial charge < -0.3 is 14.5 Å². The number of H-pyrrole nitrogens is 1. The number of carbonyl (C=O) groups is 1. The van der Waals surface area contributed by atoms with Gasteiger partial charge in [-0.1, -0.05) is 0 Å². The third kappa shape index (κ3) is 2.86. The largest absolute Gasteiger partial charge is 0.336 e. The Hall–Kier alpha value is -3.29. The Balaban J connectivity index is 1.43. The number of rotatable bonds is 2. The fraction of sp³-hybridized carbons (Fsp3) is 0.381. The molecule has 5 rings (SSSR count). The van der Waals surface area contributed by atoms with Gasteiger partial charge in [0.2, 0.25) is 0 Å². The van der Waals surface area contributed by atoms with Gasteiger partial charge in [-0.15, -0.1) is 0 Å². The number of hydrogen-bond donors (Lipinski definition) is 1. The summed E-state index contributed by atoms with van der Waals surface area (Å²) in [6, 6.07) is 3.73. The second-order valence-corrected chi connectivity index (χ2v) is 7.92. The number of aryl methyl sites for hydroxylation is 1. The average molecular weight is 390 g/mol. The Morgan fingerprint density at radius 2 is 2.03 bits per heavy atom. The topological polar surface area (TPSA) is 96.8 Å². The van der Waals surface area contributed by atoms with Crippen molar-refractivity contribution >= 4 is 5.91 Å². The number of aromatic amines is 1. The van der Waals surface area contributed by atoms with Crippen molar-refractivity contribution in [1.82, 2.24) is 29.4 Å². The number of imidazole rings is 1. The third-order valence-corrected chi connectivity index (χ3v) is 6.33. The van der Waals surface area contributed by atoms with Gasteiger partial charge in [-0.2, -0.15) is 0 Å². The number of amides is 1. The maximum Gasteiger partial charge on any atom is 0.289 e. The highest BCUT2D eigenvalue weighted by atomic mass is 16.2. The van der Waals surface area contributed by atoms with Crippen LogP contribution >= 0.6 is 0 Å². The van der Waals surface area contributed by atoms with Gasteiger partial charge in [-0.25, -0.2) is 9.97 Å². The molecule has 1 spiro atoms. The molecular formula is C21H22N6O2. The number of piperidine rings is 1. The molecule has 0 bridgehead atoms. The number of nitrogens with one attached hydrogen (secondary N) is 1. The summed E-state index contributed by atoms with van der Waals surface area (Å²) in [5, 5.41) is 0. The molecule has 1 saturated heterocycles. The molecular weight excluding hydrogens is 368 g/mol. The summed E-state index contributed by atoms with van der Waals surface area (Å²) in [7, 11) is 1.83. The van der Waals surface area contributed by atoms with E-state index in [1.807, 2.05) is 24.1 Å². The van der Waals surface area contributed by atoms with E-state index in [4.69, 9.17) is 4.98 Å². The van der Waals surface area contributed by atoms with Crippen LogP contribution in [0.2, 0.25) is 0 Å². The molecule has 2 aliphatic rings. The molecule has 1 aliphatic heterocycles. The lowest BCUT2D eigenvalue weighted by molar-refractivity contribution is 0.0647. The Morgan fingerprint density at radius 3 is 2.72 bits per heavy atom. The van der Waals surface area contributed by atoms with Crippen molar-refractivity contribution in [3.8, 4) is 11.4 Å². The van der Waals surface area contributed by atoms with Crippen molar-refractivity contribution in [2.75, 3.05) is 13.1 Å². The van der Waals surface area contributed by atoms with Crippen LogP contribution in [0.1, 0.15) is 41.1 Å². The molecule has 0 unspecified atom stereocenters. The summed E-state index contributed by atoms with van der Waals surface area (Å²) in [5.74, 6) is 0.983. The van der Waals surface area contributed by atoms with Crippen molar-refractivity contribution in [3.63, 3.8) is 0 Å². The monoisotopic (exact) mass is 390 g/mol. The first-order chi connectivity index (χ1) is 14.1. The van der Waals surface area contributed by atoms with Crippen LogP contribution in [-0.4, -0.2) is 48.4 Å².